The Bertz CT molecular complexity index is 488. The molecule has 2 aromatic rings. The molecule has 2 heteroatoms. The van der Waals surface area contributed by atoms with E-state index in [1.54, 1.807) is 12.3 Å². The van der Waals surface area contributed by atoms with E-state index >= 15 is 0 Å². The topological polar surface area (TPSA) is 36.9 Å². The third kappa shape index (κ3) is 1.32. The van der Waals surface area contributed by atoms with Crippen molar-refractivity contribution in [2.75, 3.05) is 0 Å². The van der Waals surface area contributed by atoms with Gasteiger partial charge in [0.2, 0.25) is 0 Å². The van der Waals surface area contributed by atoms with Crippen LogP contribution in [-0.2, 0) is 0 Å². The number of rotatable bonds is 1. The summed E-state index contributed by atoms with van der Waals surface area (Å²) in [7, 11) is 0. The van der Waals surface area contributed by atoms with E-state index in [9.17, 15) is 0 Å². The van der Waals surface area contributed by atoms with Gasteiger partial charge in [-0.1, -0.05) is 18.2 Å². The van der Waals surface area contributed by atoms with Crippen LogP contribution in [0.5, 0.6) is 0 Å². The van der Waals surface area contributed by atoms with Crippen molar-refractivity contribution >= 4 is 17.0 Å². The van der Waals surface area contributed by atoms with Crippen molar-refractivity contribution in [2.24, 2.45) is 0 Å². The number of nitrogens with zero attached hydrogens (tertiary/aromatic N) is 1. The van der Waals surface area contributed by atoms with Crippen LogP contribution in [0.15, 0.2) is 41.0 Å². The Balaban J connectivity index is 2.59. The van der Waals surface area contributed by atoms with Gasteiger partial charge in [-0.3, -0.25) is 0 Å². The molecule has 1 heterocycles. The summed E-state index contributed by atoms with van der Waals surface area (Å²) >= 11 is 0. The minimum Gasteiger partial charge on any atom is -0.464 e. The summed E-state index contributed by atoms with van der Waals surface area (Å²) in [5.41, 5.74) is 1.79. The largest absolute Gasteiger partial charge is 0.464 e. The lowest BCUT2D eigenvalue weighted by molar-refractivity contribution is 0.615. The Hall–Kier alpha value is -2.01. The van der Waals surface area contributed by atoms with Gasteiger partial charge in [-0.2, -0.15) is 5.26 Å². The molecule has 0 saturated heterocycles. The van der Waals surface area contributed by atoms with E-state index in [-0.39, 0.29) is 0 Å². The van der Waals surface area contributed by atoms with Gasteiger partial charge < -0.3 is 4.42 Å². The lowest BCUT2D eigenvalue weighted by Gasteiger charge is -1.86. The molecule has 0 saturated carbocycles. The van der Waals surface area contributed by atoms with Crippen LogP contribution in [-0.4, -0.2) is 0 Å². The highest BCUT2D eigenvalue weighted by molar-refractivity contribution is 5.87. The van der Waals surface area contributed by atoms with Crippen molar-refractivity contribution in [3.05, 3.63) is 42.2 Å². The summed E-state index contributed by atoms with van der Waals surface area (Å²) in [4.78, 5) is 0. The van der Waals surface area contributed by atoms with E-state index in [0.717, 1.165) is 16.5 Å². The van der Waals surface area contributed by atoms with Crippen LogP contribution in [0.25, 0.3) is 17.0 Å². The number of para-hydroxylation sites is 1. The zero-order chi connectivity index (χ0) is 9.10. The summed E-state index contributed by atoms with van der Waals surface area (Å²) in [6.07, 6.45) is 4.83. The van der Waals surface area contributed by atoms with Gasteiger partial charge in [0.05, 0.1) is 12.3 Å². The number of hydrogen-bond acceptors (Lipinski definition) is 2. The fraction of sp³-hybridized carbons (Fsp3) is 0. The highest BCUT2D eigenvalue weighted by Crippen LogP contribution is 2.21. The number of allylic oxidation sites excluding steroid dienone is 1. The number of hydrogen-bond donors (Lipinski definition) is 0. The smallest absolute Gasteiger partial charge is 0.134 e. The second-order valence-electron chi connectivity index (χ2n) is 2.65. The maximum absolute atomic E-state index is 8.37. The van der Waals surface area contributed by atoms with Gasteiger partial charge in [-0.15, -0.1) is 0 Å². The van der Waals surface area contributed by atoms with E-state index in [0.29, 0.717) is 0 Å². The zero-order valence-electron chi connectivity index (χ0n) is 6.90. The maximum atomic E-state index is 8.37. The number of nitriles is 1. The lowest BCUT2D eigenvalue weighted by Crippen LogP contribution is -1.66. The van der Waals surface area contributed by atoms with Crippen molar-refractivity contribution in [3.8, 4) is 6.07 Å². The second kappa shape index (κ2) is 3.16. The predicted molar refractivity (Wildman–Crippen MR) is 50.9 cm³/mol. The molecule has 0 bridgehead atoms. The molecule has 0 radical (unpaired) electrons. The molecular weight excluding hydrogens is 162 g/mol. The van der Waals surface area contributed by atoms with Gasteiger partial charge in [0, 0.05) is 17.0 Å². The van der Waals surface area contributed by atoms with Crippen LogP contribution in [0.2, 0.25) is 0 Å². The monoisotopic (exact) mass is 169 g/mol. The Morgan fingerprint density at radius 1 is 1.31 bits per heavy atom. The zero-order valence-corrected chi connectivity index (χ0v) is 6.90. The average Bonchev–Trinajstić information content (AvgIpc) is 2.58. The molecule has 0 aliphatic heterocycles. The van der Waals surface area contributed by atoms with Crippen LogP contribution in [0.1, 0.15) is 5.56 Å². The summed E-state index contributed by atoms with van der Waals surface area (Å²) in [5, 5.41) is 9.41. The summed E-state index contributed by atoms with van der Waals surface area (Å²) < 4.78 is 5.29. The van der Waals surface area contributed by atoms with Gasteiger partial charge in [0.25, 0.3) is 0 Å². The summed E-state index contributed by atoms with van der Waals surface area (Å²) in [6, 6.07) is 9.68. The predicted octanol–water partition coefficient (Wildman–Crippen LogP) is 2.97. The molecule has 1 aromatic heterocycles. The second-order valence-corrected chi connectivity index (χ2v) is 2.65. The lowest BCUT2D eigenvalue weighted by atomic mass is 10.2. The van der Waals surface area contributed by atoms with Crippen LogP contribution in [0, 0.1) is 11.3 Å². The highest BCUT2D eigenvalue weighted by Gasteiger charge is 2.00. The molecular formula is C11H7NO. The number of fused-ring (bicyclic) bond motifs is 1. The molecule has 0 spiro atoms. The Labute approximate surface area is 75.7 Å². The Kier molecular flexibility index (Phi) is 1.85. The van der Waals surface area contributed by atoms with Crippen molar-refractivity contribution < 1.29 is 4.42 Å². The van der Waals surface area contributed by atoms with Gasteiger partial charge in [0.15, 0.2) is 0 Å². The van der Waals surface area contributed by atoms with Crippen molar-refractivity contribution in [1.82, 2.24) is 0 Å². The average molecular weight is 169 g/mol. The third-order valence-corrected chi connectivity index (χ3v) is 1.85. The SMILES string of the molecule is N#CC=Cc1coc2ccccc12. The molecule has 13 heavy (non-hydrogen) atoms. The summed E-state index contributed by atoms with van der Waals surface area (Å²) in [6.45, 7) is 0. The van der Waals surface area contributed by atoms with Crippen LogP contribution < -0.4 is 0 Å². The number of benzene rings is 1. The van der Waals surface area contributed by atoms with E-state index in [2.05, 4.69) is 0 Å². The molecule has 2 nitrogen and oxygen atoms in total. The Morgan fingerprint density at radius 2 is 2.15 bits per heavy atom. The minimum absolute atomic E-state index is 0.847. The molecule has 0 N–H and O–H groups in total. The molecule has 0 amide bonds. The van der Waals surface area contributed by atoms with Gasteiger partial charge >= 0.3 is 0 Å². The van der Waals surface area contributed by atoms with E-state index in [1.807, 2.05) is 30.3 Å². The molecule has 0 unspecified atom stereocenters. The van der Waals surface area contributed by atoms with Crippen molar-refractivity contribution in [2.45, 2.75) is 0 Å². The van der Waals surface area contributed by atoms with Gasteiger partial charge in [-0.25, -0.2) is 0 Å². The van der Waals surface area contributed by atoms with E-state index < -0.39 is 0 Å². The minimum atomic E-state index is 0.847. The fourth-order valence-electron chi connectivity index (χ4n) is 1.25. The molecule has 2 rings (SSSR count). The quantitative estimate of drug-likeness (QED) is 0.615. The molecule has 0 aliphatic carbocycles. The third-order valence-electron chi connectivity index (χ3n) is 1.85. The normalized spacial score (nSPS) is 10.7. The maximum Gasteiger partial charge on any atom is 0.134 e. The van der Waals surface area contributed by atoms with Crippen LogP contribution in [0.4, 0.5) is 0 Å². The molecule has 1 aromatic carbocycles. The summed E-state index contributed by atoms with van der Waals surface area (Å²) in [5.74, 6) is 0. The van der Waals surface area contributed by atoms with Crippen LogP contribution >= 0.6 is 0 Å². The van der Waals surface area contributed by atoms with E-state index in [1.165, 1.54) is 6.08 Å². The van der Waals surface area contributed by atoms with Gasteiger partial charge in [0.1, 0.15) is 5.58 Å². The van der Waals surface area contributed by atoms with E-state index in [4.69, 9.17) is 9.68 Å². The first-order valence-corrected chi connectivity index (χ1v) is 3.94. The molecule has 0 aliphatic rings. The molecule has 62 valence electrons. The first-order chi connectivity index (χ1) is 6.42. The van der Waals surface area contributed by atoms with Crippen molar-refractivity contribution in [1.29, 1.82) is 5.26 Å². The molecule has 0 fully saturated rings. The Morgan fingerprint density at radius 3 is 3.00 bits per heavy atom. The highest BCUT2D eigenvalue weighted by atomic mass is 16.3. The first kappa shape index (κ1) is 7.63. The van der Waals surface area contributed by atoms with Gasteiger partial charge in [-0.05, 0) is 12.1 Å². The number of furan rings is 1. The standard InChI is InChI=1S/C11H7NO/c12-7-3-4-9-8-13-11-6-2-1-5-10(9)11/h1-6,8H. The molecule has 0 atom stereocenters. The van der Waals surface area contributed by atoms with Crippen LogP contribution in [0.3, 0.4) is 0 Å². The van der Waals surface area contributed by atoms with Crippen molar-refractivity contribution in [3.63, 3.8) is 0 Å². The first-order valence-electron chi connectivity index (χ1n) is 3.94. The fourth-order valence-corrected chi connectivity index (χ4v) is 1.25.